The van der Waals surface area contributed by atoms with E-state index in [0.29, 0.717) is 6.42 Å². The van der Waals surface area contributed by atoms with E-state index in [9.17, 15) is 13.2 Å². The van der Waals surface area contributed by atoms with Crippen LogP contribution >= 0.6 is 11.3 Å². The van der Waals surface area contributed by atoms with Crippen LogP contribution in [0, 0.1) is 0 Å². The minimum absolute atomic E-state index is 0.0161. The number of nitrogens with zero attached hydrogens (tertiary/aromatic N) is 1. The van der Waals surface area contributed by atoms with Crippen LogP contribution in [0.3, 0.4) is 0 Å². The van der Waals surface area contributed by atoms with E-state index in [0.717, 1.165) is 10.6 Å². The zero-order chi connectivity index (χ0) is 19.3. The molecule has 3 atom stereocenters. The molecule has 2 aromatic heterocycles. The molecule has 1 aliphatic rings. The first kappa shape index (κ1) is 19.9. The molecule has 7 nitrogen and oxygen atoms in total. The van der Waals surface area contributed by atoms with Crippen LogP contribution in [-0.2, 0) is 25.8 Å². The Morgan fingerprint density at radius 3 is 2.85 bits per heavy atom. The first-order chi connectivity index (χ1) is 13.0. The van der Waals surface area contributed by atoms with Crippen LogP contribution in [0.25, 0.3) is 0 Å². The molecule has 1 saturated heterocycles. The Labute approximate surface area is 163 Å². The molecule has 0 radical (unpaired) electrons. The molecule has 146 valence electrons. The summed E-state index contributed by atoms with van der Waals surface area (Å²) >= 11 is 1.63. The number of rotatable bonds is 8. The maximum Gasteiger partial charge on any atom is 0.234 e. The molecule has 1 aliphatic heterocycles. The quantitative estimate of drug-likeness (QED) is 0.674. The van der Waals surface area contributed by atoms with Gasteiger partial charge in [0.2, 0.25) is 5.91 Å². The van der Waals surface area contributed by atoms with E-state index < -0.39 is 15.9 Å². The van der Waals surface area contributed by atoms with Gasteiger partial charge in [-0.2, -0.15) is 0 Å². The third-order valence-corrected chi connectivity index (χ3v) is 7.10. The number of carbonyl (C=O) groups excluding carboxylic acids is 1. The van der Waals surface area contributed by atoms with Crippen molar-refractivity contribution in [3.05, 3.63) is 52.5 Å². The second-order valence-corrected chi connectivity index (χ2v) is 9.68. The molecule has 3 heterocycles. The van der Waals surface area contributed by atoms with Gasteiger partial charge in [0.15, 0.2) is 9.84 Å². The van der Waals surface area contributed by atoms with Gasteiger partial charge < -0.3 is 15.4 Å². The van der Waals surface area contributed by atoms with Crippen LogP contribution < -0.4 is 10.6 Å². The van der Waals surface area contributed by atoms with Gasteiger partial charge in [0.25, 0.3) is 0 Å². The van der Waals surface area contributed by atoms with E-state index in [1.165, 1.54) is 7.11 Å². The van der Waals surface area contributed by atoms with E-state index in [-0.39, 0.29) is 36.0 Å². The van der Waals surface area contributed by atoms with Gasteiger partial charge in [-0.05, 0) is 23.6 Å². The number of thiophene rings is 1. The first-order valence-electron chi connectivity index (χ1n) is 8.66. The molecule has 0 spiro atoms. The molecular weight excluding hydrogens is 386 g/mol. The lowest BCUT2D eigenvalue weighted by atomic mass is 10.1. The highest BCUT2D eigenvalue weighted by Gasteiger charge is 2.37. The Kier molecular flexibility index (Phi) is 6.59. The van der Waals surface area contributed by atoms with Crippen LogP contribution in [0.2, 0.25) is 0 Å². The first-order valence-corrected chi connectivity index (χ1v) is 11.4. The van der Waals surface area contributed by atoms with E-state index in [2.05, 4.69) is 15.6 Å². The normalized spacial score (nSPS) is 22.4. The lowest BCUT2D eigenvalue weighted by Crippen LogP contribution is -2.46. The summed E-state index contributed by atoms with van der Waals surface area (Å²) in [5.41, 5.74) is 0.789. The highest BCUT2D eigenvalue weighted by Crippen LogP contribution is 2.20. The molecule has 3 unspecified atom stereocenters. The minimum Gasteiger partial charge on any atom is -0.379 e. The van der Waals surface area contributed by atoms with Crippen LogP contribution in [0.1, 0.15) is 16.6 Å². The summed E-state index contributed by atoms with van der Waals surface area (Å²) in [6.45, 7) is 0.0216. The number of sulfone groups is 1. The van der Waals surface area contributed by atoms with E-state index in [1.807, 2.05) is 35.7 Å². The number of carbonyl (C=O) groups is 1. The fraction of sp³-hybridized carbons (Fsp3) is 0.444. The molecule has 3 rings (SSSR count). The Hall–Kier alpha value is -1.81. The number of ether oxygens (including phenoxy) is 1. The maximum absolute atomic E-state index is 12.5. The molecule has 0 saturated carbocycles. The van der Waals surface area contributed by atoms with E-state index in [1.54, 1.807) is 17.5 Å². The SMILES string of the molecule is COC1CS(=O)(=O)CC1NCC(=O)NC(Cc1cccs1)c1ccccn1. The van der Waals surface area contributed by atoms with Gasteiger partial charge in [-0.25, -0.2) is 8.42 Å². The van der Waals surface area contributed by atoms with Crippen molar-refractivity contribution in [3.8, 4) is 0 Å². The number of hydrogen-bond acceptors (Lipinski definition) is 7. The molecule has 1 fully saturated rings. The van der Waals surface area contributed by atoms with Gasteiger partial charge in [-0.15, -0.1) is 11.3 Å². The molecule has 0 aliphatic carbocycles. The Bertz CT molecular complexity index is 841. The summed E-state index contributed by atoms with van der Waals surface area (Å²) in [5.74, 6) is -0.239. The lowest BCUT2D eigenvalue weighted by molar-refractivity contribution is -0.121. The number of amides is 1. The Balaban J connectivity index is 1.61. The molecule has 0 bridgehead atoms. The van der Waals surface area contributed by atoms with Crippen molar-refractivity contribution >= 4 is 27.1 Å². The topological polar surface area (TPSA) is 97.4 Å². The monoisotopic (exact) mass is 409 g/mol. The molecule has 27 heavy (non-hydrogen) atoms. The Morgan fingerprint density at radius 1 is 1.33 bits per heavy atom. The zero-order valence-electron chi connectivity index (χ0n) is 15.0. The van der Waals surface area contributed by atoms with Gasteiger partial charge >= 0.3 is 0 Å². The summed E-state index contributed by atoms with van der Waals surface area (Å²) in [6, 6.07) is 8.99. The van der Waals surface area contributed by atoms with Gasteiger partial charge in [-0.3, -0.25) is 9.78 Å². The summed E-state index contributed by atoms with van der Waals surface area (Å²) in [4.78, 5) is 18.0. The highest BCUT2D eigenvalue weighted by molar-refractivity contribution is 7.91. The van der Waals surface area contributed by atoms with Crippen molar-refractivity contribution in [2.24, 2.45) is 0 Å². The minimum atomic E-state index is -3.13. The summed E-state index contributed by atoms with van der Waals surface area (Å²) in [6.07, 6.45) is 1.92. The van der Waals surface area contributed by atoms with Gasteiger partial charge in [0, 0.05) is 30.6 Å². The van der Waals surface area contributed by atoms with E-state index >= 15 is 0 Å². The molecule has 0 aromatic carbocycles. The number of methoxy groups -OCH3 is 1. The number of nitrogens with one attached hydrogen (secondary N) is 2. The largest absolute Gasteiger partial charge is 0.379 e. The standard InChI is InChI=1S/C18H23N3O4S2/c1-25-17-12-27(23,24)11-16(17)20-10-18(22)21-15(9-13-5-4-8-26-13)14-6-2-3-7-19-14/h2-8,15-17,20H,9-12H2,1H3,(H,21,22). The van der Waals surface area contributed by atoms with Gasteiger partial charge in [0.05, 0.1) is 35.9 Å². The van der Waals surface area contributed by atoms with Crippen molar-refractivity contribution in [3.63, 3.8) is 0 Å². The fourth-order valence-electron chi connectivity index (χ4n) is 3.15. The molecule has 1 amide bonds. The van der Waals surface area contributed by atoms with Gasteiger partial charge in [0.1, 0.15) is 0 Å². The fourth-order valence-corrected chi connectivity index (χ4v) is 5.79. The summed E-state index contributed by atoms with van der Waals surface area (Å²) < 4.78 is 28.8. The van der Waals surface area contributed by atoms with Crippen LogP contribution in [0.5, 0.6) is 0 Å². The van der Waals surface area contributed by atoms with Crippen LogP contribution in [0.4, 0.5) is 0 Å². The lowest BCUT2D eigenvalue weighted by Gasteiger charge is -2.20. The summed E-state index contributed by atoms with van der Waals surface area (Å²) in [5, 5.41) is 8.02. The molecule has 2 aromatic rings. The molecular formula is C18H23N3O4S2. The van der Waals surface area contributed by atoms with Crippen molar-refractivity contribution in [1.29, 1.82) is 0 Å². The molecule has 9 heteroatoms. The van der Waals surface area contributed by atoms with Crippen molar-refractivity contribution in [2.45, 2.75) is 24.6 Å². The average molecular weight is 410 g/mol. The maximum atomic E-state index is 12.5. The van der Waals surface area contributed by atoms with Crippen LogP contribution in [-0.4, -0.2) is 56.6 Å². The Morgan fingerprint density at radius 2 is 2.19 bits per heavy atom. The highest BCUT2D eigenvalue weighted by atomic mass is 32.2. The number of aromatic nitrogens is 1. The second-order valence-electron chi connectivity index (χ2n) is 6.50. The zero-order valence-corrected chi connectivity index (χ0v) is 16.6. The average Bonchev–Trinajstić information content (AvgIpc) is 3.27. The number of pyridine rings is 1. The predicted octanol–water partition coefficient (Wildman–Crippen LogP) is 0.945. The molecule has 2 N–H and O–H groups in total. The van der Waals surface area contributed by atoms with Gasteiger partial charge in [-0.1, -0.05) is 12.1 Å². The number of hydrogen-bond donors (Lipinski definition) is 2. The third kappa shape index (κ3) is 5.58. The van der Waals surface area contributed by atoms with Crippen molar-refractivity contribution < 1.29 is 17.9 Å². The smallest absolute Gasteiger partial charge is 0.234 e. The van der Waals surface area contributed by atoms with Crippen molar-refractivity contribution in [2.75, 3.05) is 25.2 Å². The second kappa shape index (κ2) is 8.92. The third-order valence-electron chi connectivity index (χ3n) is 4.49. The predicted molar refractivity (Wildman–Crippen MR) is 104 cm³/mol. The van der Waals surface area contributed by atoms with E-state index in [4.69, 9.17) is 4.74 Å². The van der Waals surface area contributed by atoms with Crippen molar-refractivity contribution in [1.82, 2.24) is 15.6 Å². The summed E-state index contributed by atoms with van der Waals surface area (Å²) in [7, 11) is -1.65. The van der Waals surface area contributed by atoms with Crippen LogP contribution in [0.15, 0.2) is 41.9 Å².